The molecule has 2 rings (SSSR count). The molecule has 1 saturated carbocycles. The second-order valence-electron chi connectivity index (χ2n) is 3.79. The van der Waals surface area contributed by atoms with Crippen molar-refractivity contribution in [2.45, 2.75) is 25.3 Å². The summed E-state index contributed by atoms with van der Waals surface area (Å²) < 4.78 is 0. The number of hydrogen-bond donors (Lipinski definition) is 1. The molecule has 14 heavy (non-hydrogen) atoms. The fourth-order valence-electron chi connectivity index (χ4n) is 1.75. The molecule has 0 radical (unpaired) electrons. The van der Waals surface area contributed by atoms with Gasteiger partial charge in [-0.1, -0.05) is 6.42 Å². The van der Waals surface area contributed by atoms with E-state index >= 15 is 0 Å². The van der Waals surface area contributed by atoms with Gasteiger partial charge < -0.3 is 10.0 Å². The van der Waals surface area contributed by atoms with E-state index in [4.69, 9.17) is 5.11 Å². The van der Waals surface area contributed by atoms with E-state index in [-0.39, 0.29) is 11.8 Å². The molecule has 1 aliphatic carbocycles. The number of nitrogens with zero attached hydrogens (tertiary/aromatic N) is 1. The maximum absolute atomic E-state index is 11.8. The first kappa shape index (κ1) is 9.83. The van der Waals surface area contributed by atoms with E-state index < -0.39 is 12.0 Å². The van der Waals surface area contributed by atoms with Gasteiger partial charge in [-0.2, -0.15) is 0 Å². The molecule has 1 amide bonds. The van der Waals surface area contributed by atoms with Crippen molar-refractivity contribution in [2.75, 3.05) is 11.6 Å². The van der Waals surface area contributed by atoms with Gasteiger partial charge in [0.05, 0.1) is 5.88 Å². The zero-order valence-corrected chi connectivity index (χ0v) is 8.63. The van der Waals surface area contributed by atoms with Crippen LogP contribution < -0.4 is 0 Å². The summed E-state index contributed by atoms with van der Waals surface area (Å²) in [6.45, 7) is 0. The second-order valence-corrected chi connectivity index (χ2v) is 4.79. The topological polar surface area (TPSA) is 57.6 Å². The molecule has 0 bridgehead atoms. The summed E-state index contributed by atoms with van der Waals surface area (Å²) in [6, 6.07) is -0.590. The number of amides is 1. The highest BCUT2D eigenvalue weighted by molar-refractivity contribution is 7.99. The molecule has 2 aliphatic rings. The standard InChI is InChI=1S/C9H13NO3S/c11-8(6-2-1-3-6)10-5-14-4-7(10)9(12)13/h6-7H,1-5H2,(H,12,13)/t7-/m0/s1. The lowest BCUT2D eigenvalue weighted by atomic mass is 9.84. The number of carboxylic acid groups (broad SMARTS) is 1. The van der Waals surface area contributed by atoms with Crippen LogP contribution in [0.1, 0.15) is 19.3 Å². The van der Waals surface area contributed by atoms with E-state index in [1.165, 1.54) is 16.7 Å². The first-order chi connectivity index (χ1) is 6.70. The predicted octanol–water partition coefficient (Wildman–Crippen LogP) is 0.773. The summed E-state index contributed by atoms with van der Waals surface area (Å²) in [6.07, 6.45) is 2.98. The number of hydrogen-bond acceptors (Lipinski definition) is 3. The first-order valence-electron chi connectivity index (χ1n) is 4.81. The fraction of sp³-hybridized carbons (Fsp3) is 0.778. The number of aliphatic carboxylic acids is 1. The Balaban J connectivity index is 2.01. The Hall–Kier alpha value is -0.710. The molecule has 1 aliphatic heterocycles. The highest BCUT2D eigenvalue weighted by atomic mass is 32.2. The van der Waals surface area contributed by atoms with Crippen molar-refractivity contribution in [1.29, 1.82) is 0 Å². The van der Waals surface area contributed by atoms with Crippen LogP contribution in [-0.4, -0.2) is 39.6 Å². The average Bonchev–Trinajstić information content (AvgIpc) is 2.47. The Morgan fingerprint density at radius 3 is 2.57 bits per heavy atom. The lowest BCUT2D eigenvalue weighted by Gasteiger charge is -2.30. The first-order valence-corrected chi connectivity index (χ1v) is 5.96. The largest absolute Gasteiger partial charge is 0.480 e. The van der Waals surface area contributed by atoms with Crippen molar-refractivity contribution >= 4 is 23.6 Å². The van der Waals surface area contributed by atoms with Crippen LogP contribution in [0.2, 0.25) is 0 Å². The van der Waals surface area contributed by atoms with E-state index in [1.54, 1.807) is 0 Å². The molecule has 0 aromatic carbocycles. The van der Waals surface area contributed by atoms with Gasteiger partial charge in [0.15, 0.2) is 0 Å². The van der Waals surface area contributed by atoms with E-state index in [9.17, 15) is 9.59 Å². The normalized spacial score (nSPS) is 27.4. The number of carbonyl (C=O) groups is 2. The highest BCUT2D eigenvalue weighted by Crippen LogP contribution is 2.32. The maximum Gasteiger partial charge on any atom is 0.327 e. The van der Waals surface area contributed by atoms with Gasteiger partial charge in [-0.15, -0.1) is 11.8 Å². The molecule has 2 fully saturated rings. The Morgan fingerprint density at radius 1 is 1.36 bits per heavy atom. The summed E-state index contributed by atoms with van der Waals surface area (Å²) in [7, 11) is 0. The number of rotatable bonds is 2. The Morgan fingerprint density at radius 2 is 2.07 bits per heavy atom. The van der Waals surface area contributed by atoms with E-state index in [1.807, 2.05) is 0 Å². The van der Waals surface area contributed by atoms with E-state index in [0.29, 0.717) is 11.6 Å². The maximum atomic E-state index is 11.8. The van der Waals surface area contributed by atoms with E-state index in [2.05, 4.69) is 0 Å². The monoisotopic (exact) mass is 215 g/mol. The molecule has 0 aromatic heterocycles. The van der Waals surface area contributed by atoms with Gasteiger partial charge in [-0.25, -0.2) is 4.79 Å². The minimum absolute atomic E-state index is 0.0497. The highest BCUT2D eigenvalue weighted by Gasteiger charge is 2.39. The van der Waals surface area contributed by atoms with Gasteiger partial charge in [0, 0.05) is 11.7 Å². The van der Waals surface area contributed by atoms with Crippen LogP contribution in [0.5, 0.6) is 0 Å². The van der Waals surface area contributed by atoms with Crippen molar-refractivity contribution in [2.24, 2.45) is 5.92 Å². The SMILES string of the molecule is O=C(O)[C@@H]1CSCN1C(=O)C1CCC1. The molecule has 4 nitrogen and oxygen atoms in total. The molecule has 78 valence electrons. The van der Waals surface area contributed by atoms with Gasteiger partial charge >= 0.3 is 5.97 Å². The molecule has 0 aromatic rings. The quantitative estimate of drug-likeness (QED) is 0.739. The molecule has 0 spiro atoms. The smallest absolute Gasteiger partial charge is 0.327 e. The molecule has 1 N–H and O–H groups in total. The van der Waals surface area contributed by atoms with Crippen molar-refractivity contribution in [3.8, 4) is 0 Å². The summed E-state index contributed by atoms with van der Waals surface area (Å²) in [5, 5.41) is 8.90. The zero-order valence-electron chi connectivity index (χ0n) is 7.81. The molecule has 5 heteroatoms. The van der Waals surface area contributed by atoms with Crippen molar-refractivity contribution in [3.05, 3.63) is 0 Å². The van der Waals surface area contributed by atoms with E-state index in [0.717, 1.165) is 19.3 Å². The lowest BCUT2D eigenvalue weighted by molar-refractivity contribution is -0.150. The molecule has 1 atom stereocenters. The summed E-state index contributed by atoms with van der Waals surface area (Å²) in [5.41, 5.74) is 0. The van der Waals surface area contributed by atoms with Gasteiger partial charge in [0.25, 0.3) is 0 Å². The van der Waals surface area contributed by atoms with Crippen molar-refractivity contribution < 1.29 is 14.7 Å². The Bertz CT molecular complexity index is 265. The molecular weight excluding hydrogens is 202 g/mol. The van der Waals surface area contributed by atoms with Crippen LogP contribution in [0, 0.1) is 5.92 Å². The average molecular weight is 215 g/mol. The predicted molar refractivity (Wildman–Crippen MR) is 52.9 cm³/mol. The van der Waals surface area contributed by atoms with Gasteiger partial charge in [0.1, 0.15) is 6.04 Å². The third kappa shape index (κ3) is 1.61. The van der Waals surface area contributed by atoms with Crippen LogP contribution in [0.15, 0.2) is 0 Å². The van der Waals surface area contributed by atoms with Gasteiger partial charge in [-0.3, -0.25) is 4.79 Å². The Labute approximate surface area is 86.6 Å². The molecule has 0 unspecified atom stereocenters. The van der Waals surface area contributed by atoms with Crippen LogP contribution in [0.3, 0.4) is 0 Å². The van der Waals surface area contributed by atoms with Crippen molar-refractivity contribution in [3.63, 3.8) is 0 Å². The van der Waals surface area contributed by atoms with Crippen molar-refractivity contribution in [1.82, 2.24) is 4.90 Å². The third-order valence-electron chi connectivity index (χ3n) is 2.90. The minimum Gasteiger partial charge on any atom is -0.480 e. The number of carboxylic acids is 1. The third-order valence-corrected chi connectivity index (χ3v) is 3.92. The summed E-state index contributed by atoms with van der Waals surface area (Å²) in [4.78, 5) is 24.2. The zero-order chi connectivity index (χ0) is 10.1. The summed E-state index contributed by atoms with van der Waals surface area (Å²) in [5.74, 6) is 0.368. The van der Waals surface area contributed by atoms with Gasteiger partial charge in [-0.05, 0) is 12.8 Å². The lowest BCUT2D eigenvalue weighted by Crippen LogP contribution is -2.45. The molecule has 1 saturated heterocycles. The second kappa shape index (κ2) is 3.81. The molecule has 1 heterocycles. The van der Waals surface area contributed by atoms with Crippen LogP contribution in [0.4, 0.5) is 0 Å². The van der Waals surface area contributed by atoms with Crippen LogP contribution in [-0.2, 0) is 9.59 Å². The van der Waals surface area contributed by atoms with Gasteiger partial charge in [0.2, 0.25) is 5.91 Å². The number of thioether (sulfide) groups is 1. The fourth-order valence-corrected chi connectivity index (χ4v) is 2.91. The van der Waals surface area contributed by atoms with Crippen LogP contribution >= 0.6 is 11.8 Å². The summed E-state index contributed by atoms with van der Waals surface area (Å²) >= 11 is 1.52. The molecular formula is C9H13NO3S. The van der Waals surface area contributed by atoms with Crippen LogP contribution in [0.25, 0.3) is 0 Å². The Kier molecular flexibility index (Phi) is 2.67. The minimum atomic E-state index is -0.873. The number of carbonyl (C=O) groups excluding carboxylic acids is 1.